The van der Waals surface area contributed by atoms with Gasteiger partial charge < -0.3 is 5.32 Å². The van der Waals surface area contributed by atoms with Gasteiger partial charge in [-0.2, -0.15) is 5.10 Å². The van der Waals surface area contributed by atoms with Crippen molar-refractivity contribution in [3.63, 3.8) is 0 Å². The number of hydrogen-bond donors (Lipinski definition) is 1. The second-order valence-electron chi connectivity index (χ2n) is 4.38. The molecule has 1 N–H and O–H groups in total. The third kappa shape index (κ3) is 3.40. The molecule has 2 aromatic rings. The van der Waals surface area contributed by atoms with E-state index in [2.05, 4.69) is 27.3 Å². The summed E-state index contributed by atoms with van der Waals surface area (Å²) in [6, 6.07) is 0. The van der Waals surface area contributed by atoms with E-state index in [1.165, 1.54) is 12.6 Å². The first kappa shape index (κ1) is 13.7. The van der Waals surface area contributed by atoms with E-state index in [4.69, 9.17) is 0 Å². The van der Waals surface area contributed by atoms with E-state index in [0.717, 1.165) is 24.2 Å². The maximum atomic E-state index is 11.2. The summed E-state index contributed by atoms with van der Waals surface area (Å²) in [6.45, 7) is 3.19. The van der Waals surface area contributed by atoms with Crippen molar-refractivity contribution < 1.29 is 8.42 Å². The van der Waals surface area contributed by atoms with E-state index in [1.54, 1.807) is 10.9 Å². The molecule has 19 heavy (non-hydrogen) atoms. The number of aryl methyl sites for hydroxylation is 1. The predicted octanol–water partition coefficient (Wildman–Crippen LogP) is 0.693. The number of nitrogens with one attached hydrogen (secondary N) is 1. The van der Waals surface area contributed by atoms with Crippen LogP contribution in [-0.2, 0) is 16.4 Å². The van der Waals surface area contributed by atoms with Crippen LogP contribution in [0.2, 0.25) is 0 Å². The van der Waals surface area contributed by atoms with Gasteiger partial charge in [-0.05, 0) is 6.42 Å². The van der Waals surface area contributed by atoms with Crippen LogP contribution in [0.4, 0.5) is 5.82 Å². The molecule has 0 saturated heterocycles. The van der Waals surface area contributed by atoms with Gasteiger partial charge in [-0.3, -0.25) is 0 Å². The first-order valence-electron chi connectivity index (χ1n) is 6.09. The van der Waals surface area contributed by atoms with Gasteiger partial charge in [0.25, 0.3) is 0 Å². The molecule has 0 aromatic carbocycles. The Morgan fingerprint density at radius 3 is 2.84 bits per heavy atom. The Labute approximate surface area is 112 Å². The number of nitrogens with zero attached hydrogens (tertiary/aromatic N) is 4. The molecule has 0 unspecified atom stereocenters. The lowest BCUT2D eigenvalue weighted by atomic mass is 10.4. The Balaban J connectivity index is 2.28. The molecule has 2 rings (SSSR count). The van der Waals surface area contributed by atoms with E-state index in [-0.39, 0.29) is 5.75 Å². The second-order valence-corrected chi connectivity index (χ2v) is 6.64. The Kier molecular flexibility index (Phi) is 3.98. The highest BCUT2D eigenvalue weighted by molar-refractivity contribution is 7.90. The van der Waals surface area contributed by atoms with Gasteiger partial charge in [0.05, 0.1) is 23.9 Å². The first-order valence-corrected chi connectivity index (χ1v) is 8.15. The van der Waals surface area contributed by atoms with E-state index >= 15 is 0 Å². The zero-order valence-electron chi connectivity index (χ0n) is 11.0. The topological polar surface area (TPSA) is 89.8 Å². The van der Waals surface area contributed by atoms with Crippen molar-refractivity contribution in [3.05, 3.63) is 12.5 Å². The Morgan fingerprint density at radius 2 is 2.16 bits per heavy atom. The fraction of sp³-hybridized carbons (Fsp3) is 0.545. The van der Waals surface area contributed by atoms with Crippen molar-refractivity contribution >= 4 is 26.7 Å². The number of fused-ring (bicyclic) bond motifs is 1. The molecule has 0 aliphatic rings. The SMILES string of the molecule is CCCNc1ncnc2c1cnn2CCS(C)(=O)=O. The number of aromatic nitrogens is 4. The molecule has 104 valence electrons. The molecule has 8 heteroatoms. The van der Waals surface area contributed by atoms with Crippen LogP contribution in [0.25, 0.3) is 11.0 Å². The summed E-state index contributed by atoms with van der Waals surface area (Å²) < 4.78 is 24.0. The van der Waals surface area contributed by atoms with Crippen LogP contribution in [-0.4, -0.2) is 46.7 Å². The van der Waals surface area contributed by atoms with Gasteiger partial charge in [0, 0.05) is 12.8 Å². The molecule has 7 nitrogen and oxygen atoms in total. The summed E-state index contributed by atoms with van der Waals surface area (Å²) in [7, 11) is -3.01. The normalized spacial score (nSPS) is 11.9. The molecule has 0 aliphatic heterocycles. The molecular weight excluding hydrogens is 266 g/mol. The molecule has 0 fully saturated rings. The van der Waals surface area contributed by atoms with Gasteiger partial charge in [-0.15, -0.1) is 0 Å². The van der Waals surface area contributed by atoms with Gasteiger partial charge in [-0.25, -0.2) is 23.1 Å². The zero-order chi connectivity index (χ0) is 13.9. The maximum Gasteiger partial charge on any atom is 0.163 e. The van der Waals surface area contributed by atoms with Crippen molar-refractivity contribution in [2.45, 2.75) is 19.9 Å². The highest BCUT2D eigenvalue weighted by atomic mass is 32.2. The fourth-order valence-electron chi connectivity index (χ4n) is 1.69. The van der Waals surface area contributed by atoms with Gasteiger partial charge in [0.2, 0.25) is 0 Å². The standard InChI is InChI=1S/C11H17N5O2S/c1-3-4-12-10-9-7-15-16(5-6-19(2,17)18)11(9)14-8-13-10/h7-8H,3-6H2,1-2H3,(H,12,13,14). The Hall–Kier alpha value is -1.70. The van der Waals surface area contributed by atoms with E-state index in [0.29, 0.717) is 12.2 Å². The lowest BCUT2D eigenvalue weighted by Gasteiger charge is -2.05. The van der Waals surface area contributed by atoms with Crippen LogP contribution < -0.4 is 5.32 Å². The molecule has 0 saturated carbocycles. The van der Waals surface area contributed by atoms with Gasteiger partial charge in [0.1, 0.15) is 22.0 Å². The van der Waals surface area contributed by atoms with Gasteiger partial charge in [0.15, 0.2) is 5.65 Å². The largest absolute Gasteiger partial charge is 0.369 e. The lowest BCUT2D eigenvalue weighted by molar-refractivity contribution is 0.588. The average Bonchev–Trinajstić information content (AvgIpc) is 2.76. The number of sulfone groups is 1. The molecule has 0 amide bonds. The summed E-state index contributed by atoms with van der Waals surface area (Å²) in [5.41, 5.74) is 0.650. The molecule has 2 heterocycles. The van der Waals surface area contributed by atoms with Crippen LogP contribution in [0.3, 0.4) is 0 Å². The predicted molar refractivity (Wildman–Crippen MR) is 73.8 cm³/mol. The third-order valence-corrected chi connectivity index (χ3v) is 3.57. The summed E-state index contributed by atoms with van der Waals surface area (Å²) in [5, 5.41) is 8.19. The average molecular weight is 283 g/mol. The van der Waals surface area contributed by atoms with Crippen LogP contribution in [0.1, 0.15) is 13.3 Å². The zero-order valence-corrected chi connectivity index (χ0v) is 11.8. The number of rotatable bonds is 6. The van der Waals surface area contributed by atoms with Crippen LogP contribution >= 0.6 is 0 Å². The van der Waals surface area contributed by atoms with Crippen molar-refractivity contribution in [3.8, 4) is 0 Å². The Morgan fingerprint density at radius 1 is 1.37 bits per heavy atom. The molecule has 0 atom stereocenters. The van der Waals surface area contributed by atoms with E-state index < -0.39 is 9.84 Å². The van der Waals surface area contributed by atoms with E-state index in [9.17, 15) is 8.42 Å². The summed E-state index contributed by atoms with van der Waals surface area (Å²) in [4.78, 5) is 8.34. The van der Waals surface area contributed by atoms with Crippen molar-refractivity contribution in [2.24, 2.45) is 0 Å². The molecule has 0 aliphatic carbocycles. The maximum absolute atomic E-state index is 11.2. The summed E-state index contributed by atoms with van der Waals surface area (Å²) in [6.07, 6.45) is 5.32. The lowest BCUT2D eigenvalue weighted by Crippen LogP contribution is -2.12. The van der Waals surface area contributed by atoms with Gasteiger partial charge >= 0.3 is 0 Å². The van der Waals surface area contributed by atoms with Crippen molar-refractivity contribution in [2.75, 3.05) is 23.9 Å². The quantitative estimate of drug-likeness (QED) is 0.839. The molecule has 0 spiro atoms. The van der Waals surface area contributed by atoms with Crippen molar-refractivity contribution in [1.29, 1.82) is 0 Å². The highest BCUT2D eigenvalue weighted by Gasteiger charge is 2.11. The summed E-state index contributed by atoms with van der Waals surface area (Å²) in [5.74, 6) is 0.781. The Bertz CT molecular complexity index is 665. The van der Waals surface area contributed by atoms with E-state index in [1.807, 2.05) is 0 Å². The smallest absolute Gasteiger partial charge is 0.163 e. The molecule has 0 bridgehead atoms. The van der Waals surface area contributed by atoms with Crippen LogP contribution in [0.5, 0.6) is 0 Å². The van der Waals surface area contributed by atoms with Crippen LogP contribution in [0, 0.1) is 0 Å². The highest BCUT2D eigenvalue weighted by Crippen LogP contribution is 2.18. The summed E-state index contributed by atoms with van der Waals surface area (Å²) >= 11 is 0. The number of hydrogen-bond acceptors (Lipinski definition) is 6. The van der Waals surface area contributed by atoms with Crippen LogP contribution in [0.15, 0.2) is 12.5 Å². The van der Waals surface area contributed by atoms with Crippen molar-refractivity contribution in [1.82, 2.24) is 19.7 Å². The molecule has 0 radical (unpaired) electrons. The minimum atomic E-state index is -3.01. The minimum Gasteiger partial charge on any atom is -0.369 e. The monoisotopic (exact) mass is 283 g/mol. The third-order valence-electron chi connectivity index (χ3n) is 2.65. The van der Waals surface area contributed by atoms with Gasteiger partial charge in [-0.1, -0.05) is 6.92 Å². The minimum absolute atomic E-state index is 0.0471. The second kappa shape index (κ2) is 5.52. The first-order chi connectivity index (χ1) is 9.01. The molecule has 2 aromatic heterocycles. The number of anilines is 1. The molecular formula is C11H17N5O2S. The fourth-order valence-corrected chi connectivity index (χ4v) is 2.20.